The quantitative estimate of drug-likeness (QED) is 0.843. The first-order valence-electron chi connectivity index (χ1n) is 5.72. The first-order chi connectivity index (χ1) is 9.12. The molecule has 2 rings (SSSR count). The van der Waals surface area contributed by atoms with Crippen LogP contribution >= 0.6 is 11.3 Å². The second-order valence-corrected chi connectivity index (χ2v) is 6.79. The number of nitrogens with one attached hydrogen (secondary N) is 2. The van der Waals surface area contributed by atoms with E-state index in [1.54, 1.807) is 24.3 Å². The van der Waals surface area contributed by atoms with Crippen molar-refractivity contribution < 1.29 is 8.42 Å². The van der Waals surface area contributed by atoms with Gasteiger partial charge < -0.3 is 5.32 Å². The number of hydrogen-bond acceptors (Lipinski definition) is 6. The molecule has 0 saturated heterocycles. The lowest BCUT2D eigenvalue weighted by molar-refractivity contribution is 0.603. The first-order valence-corrected chi connectivity index (χ1v) is 8.02. The van der Waals surface area contributed by atoms with Crippen molar-refractivity contribution in [1.82, 2.24) is 15.5 Å². The second kappa shape index (κ2) is 6.09. The van der Waals surface area contributed by atoms with Crippen molar-refractivity contribution in [2.24, 2.45) is 0 Å². The van der Waals surface area contributed by atoms with E-state index in [9.17, 15) is 8.42 Å². The van der Waals surface area contributed by atoms with Crippen LogP contribution in [0.3, 0.4) is 0 Å². The Hall–Kier alpha value is -1.51. The predicted molar refractivity (Wildman–Crippen MR) is 74.5 cm³/mol. The van der Waals surface area contributed by atoms with Crippen LogP contribution in [-0.4, -0.2) is 25.2 Å². The zero-order valence-corrected chi connectivity index (χ0v) is 12.0. The van der Waals surface area contributed by atoms with E-state index in [4.69, 9.17) is 0 Å². The fraction of sp³-hybridized carbons (Fsp3) is 0.273. The Morgan fingerprint density at radius 1 is 1.32 bits per heavy atom. The van der Waals surface area contributed by atoms with Crippen LogP contribution in [0.1, 0.15) is 11.8 Å². The lowest BCUT2D eigenvalue weighted by Gasteiger charge is -2.03. The molecule has 6 nitrogen and oxygen atoms in total. The molecule has 0 atom stereocenters. The molecule has 0 aliphatic carbocycles. The van der Waals surface area contributed by atoms with E-state index in [1.807, 2.05) is 6.92 Å². The van der Waals surface area contributed by atoms with Gasteiger partial charge in [-0.15, -0.1) is 16.4 Å². The molecule has 0 fully saturated rings. The molecular weight excluding hydrogens is 284 g/mol. The number of nitrogens with zero attached hydrogens (tertiary/aromatic N) is 2. The SMILES string of the molecule is CCNCc1ccc(S(=O)(=O)Nc2cccnn2)s1. The summed E-state index contributed by atoms with van der Waals surface area (Å²) in [5.41, 5.74) is 0. The normalized spacial score (nSPS) is 11.4. The Morgan fingerprint density at radius 3 is 2.84 bits per heavy atom. The fourth-order valence-electron chi connectivity index (χ4n) is 1.39. The van der Waals surface area contributed by atoms with Gasteiger partial charge in [0.05, 0.1) is 0 Å². The monoisotopic (exact) mass is 298 g/mol. The maximum atomic E-state index is 12.1. The van der Waals surface area contributed by atoms with Crippen LogP contribution in [0.4, 0.5) is 5.82 Å². The average Bonchev–Trinajstić information content (AvgIpc) is 2.86. The average molecular weight is 298 g/mol. The largest absolute Gasteiger partial charge is 0.312 e. The lowest BCUT2D eigenvalue weighted by Crippen LogP contribution is -2.13. The molecule has 0 aromatic carbocycles. The van der Waals surface area contributed by atoms with Crippen molar-refractivity contribution in [1.29, 1.82) is 0 Å². The molecule has 0 aliphatic rings. The molecule has 0 unspecified atom stereocenters. The van der Waals surface area contributed by atoms with Gasteiger partial charge in [-0.3, -0.25) is 4.72 Å². The minimum atomic E-state index is -3.58. The standard InChI is InChI=1S/C11H14N4O2S2/c1-2-12-8-9-5-6-11(18-9)19(16,17)15-10-4-3-7-13-14-10/h3-7,12H,2,8H2,1H3,(H,14,15). The third-order valence-corrected chi connectivity index (χ3v) is 5.19. The van der Waals surface area contributed by atoms with Gasteiger partial charge in [0.1, 0.15) is 4.21 Å². The molecule has 0 radical (unpaired) electrons. The fourth-order valence-corrected chi connectivity index (χ4v) is 3.71. The van der Waals surface area contributed by atoms with Gasteiger partial charge in [0.2, 0.25) is 0 Å². The van der Waals surface area contributed by atoms with Gasteiger partial charge >= 0.3 is 0 Å². The highest BCUT2D eigenvalue weighted by Crippen LogP contribution is 2.23. The Labute approximate surface area is 115 Å². The number of sulfonamides is 1. The van der Waals surface area contributed by atoms with Crippen LogP contribution in [0.25, 0.3) is 0 Å². The van der Waals surface area contributed by atoms with E-state index in [0.717, 1.165) is 11.4 Å². The smallest absolute Gasteiger partial charge is 0.272 e. The molecule has 2 aromatic heterocycles. The van der Waals surface area contributed by atoms with Crippen molar-refractivity contribution in [2.45, 2.75) is 17.7 Å². The molecule has 2 aromatic rings. The lowest BCUT2D eigenvalue weighted by atomic mass is 10.4. The van der Waals surface area contributed by atoms with Gasteiger partial charge in [0.25, 0.3) is 10.0 Å². The third kappa shape index (κ3) is 3.72. The Bertz CT molecular complexity index is 625. The molecule has 0 spiro atoms. The molecule has 2 heterocycles. The summed E-state index contributed by atoms with van der Waals surface area (Å²) >= 11 is 1.24. The molecule has 2 N–H and O–H groups in total. The highest BCUT2D eigenvalue weighted by atomic mass is 32.2. The van der Waals surface area contributed by atoms with E-state index < -0.39 is 10.0 Å². The number of hydrogen-bond donors (Lipinski definition) is 2. The molecular formula is C11H14N4O2S2. The maximum absolute atomic E-state index is 12.1. The minimum absolute atomic E-state index is 0.212. The highest BCUT2D eigenvalue weighted by molar-refractivity contribution is 7.94. The van der Waals surface area contributed by atoms with Crippen LogP contribution in [0, 0.1) is 0 Å². The highest BCUT2D eigenvalue weighted by Gasteiger charge is 2.17. The van der Waals surface area contributed by atoms with Gasteiger partial charge in [-0.2, -0.15) is 5.10 Å². The zero-order valence-electron chi connectivity index (χ0n) is 10.3. The van der Waals surface area contributed by atoms with Gasteiger partial charge in [-0.1, -0.05) is 6.92 Å². The van der Waals surface area contributed by atoms with Crippen molar-refractivity contribution in [3.8, 4) is 0 Å². The first kappa shape index (κ1) is 13.9. The minimum Gasteiger partial charge on any atom is -0.312 e. The van der Waals surface area contributed by atoms with Gasteiger partial charge in [-0.05, 0) is 30.8 Å². The molecule has 8 heteroatoms. The Balaban J connectivity index is 2.13. The van der Waals surface area contributed by atoms with Gasteiger partial charge in [0.15, 0.2) is 5.82 Å². The molecule has 0 aliphatic heterocycles. The van der Waals surface area contributed by atoms with Gasteiger partial charge in [0, 0.05) is 17.6 Å². The van der Waals surface area contributed by atoms with Crippen molar-refractivity contribution in [2.75, 3.05) is 11.3 Å². The Kier molecular flexibility index (Phi) is 4.46. The van der Waals surface area contributed by atoms with Crippen LogP contribution in [-0.2, 0) is 16.6 Å². The molecule has 102 valence electrons. The molecule has 0 saturated carbocycles. The van der Waals surface area contributed by atoms with Crippen LogP contribution in [0.5, 0.6) is 0 Å². The maximum Gasteiger partial charge on any atom is 0.272 e. The summed E-state index contributed by atoms with van der Waals surface area (Å²) in [4.78, 5) is 0.973. The zero-order chi connectivity index (χ0) is 13.7. The van der Waals surface area contributed by atoms with Crippen molar-refractivity contribution in [3.63, 3.8) is 0 Å². The predicted octanol–water partition coefficient (Wildman–Crippen LogP) is 1.45. The van der Waals surface area contributed by atoms with E-state index >= 15 is 0 Å². The summed E-state index contributed by atoms with van der Waals surface area (Å²) in [5, 5.41) is 10.5. The van der Waals surface area contributed by atoms with Crippen LogP contribution in [0.2, 0.25) is 0 Å². The van der Waals surface area contributed by atoms with E-state index in [2.05, 4.69) is 20.2 Å². The second-order valence-electron chi connectivity index (χ2n) is 3.72. The topological polar surface area (TPSA) is 84.0 Å². The van der Waals surface area contributed by atoms with Crippen molar-refractivity contribution in [3.05, 3.63) is 35.3 Å². The third-order valence-electron chi connectivity index (χ3n) is 2.26. The van der Waals surface area contributed by atoms with E-state index in [1.165, 1.54) is 17.5 Å². The summed E-state index contributed by atoms with van der Waals surface area (Å²) in [5.74, 6) is 0.212. The van der Waals surface area contributed by atoms with Crippen LogP contribution < -0.4 is 10.0 Å². The van der Waals surface area contributed by atoms with Crippen LogP contribution in [0.15, 0.2) is 34.7 Å². The van der Waals surface area contributed by atoms with Gasteiger partial charge in [-0.25, -0.2) is 8.42 Å². The summed E-state index contributed by atoms with van der Waals surface area (Å²) in [6.07, 6.45) is 1.48. The molecule has 0 amide bonds. The Morgan fingerprint density at radius 2 is 2.16 bits per heavy atom. The van der Waals surface area contributed by atoms with Crippen molar-refractivity contribution >= 4 is 27.2 Å². The molecule has 19 heavy (non-hydrogen) atoms. The number of anilines is 1. The van der Waals surface area contributed by atoms with E-state index in [0.29, 0.717) is 6.54 Å². The summed E-state index contributed by atoms with van der Waals surface area (Å²) < 4.78 is 26.9. The van der Waals surface area contributed by atoms with E-state index in [-0.39, 0.29) is 10.0 Å². The number of thiophene rings is 1. The molecule has 0 bridgehead atoms. The number of aromatic nitrogens is 2. The number of rotatable bonds is 6. The summed E-state index contributed by atoms with van der Waals surface area (Å²) in [6, 6.07) is 6.57. The summed E-state index contributed by atoms with van der Waals surface area (Å²) in [7, 11) is -3.58. The summed E-state index contributed by atoms with van der Waals surface area (Å²) in [6.45, 7) is 3.51.